The number of para-hydroxylation sites is 1. The first-order valence-electron chi connectivity index (χ1n) is 10.3. The summed E-state index contributed by atoms with van der Waals surface area (Å²) in [6.07, 6.45) is 1.63. The first-order valence-corrected chi connectivity index (χ1v) is 10.3. The average Bonchev–Trinajstić information content (AvgIpc) is 3.04. The number of fused-ring (bicyclic) bond motifs is 3. The molecular formula is C23H24FN3O2. The second-order valence-electron chi connectivity index (χ2n) is 8.17. The van der Waals surface area contributed by atoms with Crippen LogP contribution in [0, 0.1) is 5.82 Å². The van der Waals surface area contributed by atoms with Gasteiger partial charge in [0.2, 0.25) is 5.91 Å². The van der Waals surface area contributed by atoms with Crippen molar-refractivity contribution in [3.05, 3.63) is 59.4 Å². The number of nitrogens with zero attached hydrogens (tertiary/aromatic N) is 2. The lowest BCUT2D eigenvalue weighted by atomic mass is 9.87. The van der Waals surface area contributed by atoms with Gasteiger partial charge in [-0.1, -0.05) is 19.1 Å². The molecule has 150 valence electrons. The summed E-state index contributed by atoms with van der Waals surface area (Å²) in [7, 11) is 0. The Labute approximate surface area is 169 Å². The van der Waals surface area contributed by atoms with E-state index in [1.807, 2.05) is 19.1 Å². The second-order valence-corrected chi connectivity index (χ2v) is 8.17. The molecule has 5 nitrogen and oxygen atoms in total. The van der Waals surface area contributed by atoms with Crippen LogP contribution in [0.15, 0.2) is 42.5 Å². The minimum atomic E-state index is -0.331. The van der Waals surface area contributed by atoms with Crippen LogP contribution in [0.2, 0.25) is 0 Å². The number of carbonyl (C=O) groups excluding carboxylic acids is 2. The highest BCUT2D eigenvalue weighted by Crippen LogP contribution is 2.49. The molecule has 1 unspecified atom stereocenters. The summed E-state index contributed by atoms with van der Waals surface area (Å²) in [6.45, 7) is 4.03. The van der Waals surface area contributed by atoms with Gasteiger partial charge in [0.1, 0.15) is 5.82 Å². The Balaban J connectivity index is 1.42. The maximum absolute atomic E-state index is 13.3. The van der Waals surface area contributed by atoms with Crippen LogP contribution < -0.4 is 10.2 Å². The molecule has 1 saturated heterocycles. The number of likely N-dealkylation sites (tertiary alicyclic amines) is 1. The fourth-order valence-electron chi connectivity index (χ4n) is 5.33. The Kier molecular flexibility index (Phi) is 4.39. The van der Waals surface area contributed by atoms with Crippen LogP contribution in [-0.2, 0) is 4.79 Å². The average molecular weight is 393 g/mol. The quantitative estimate of drug-likeness (QED) is 0.809. The Morgan fingerprint density at radius 3 is 2.79 bits per heavy atom. The molecule has 3 atom stereocenters. The van der Waals surface area contributed by atoms with Crippen LogP contribution in [0.3, 0.4) is 0 Å². The minimum Gasteiger partial charge on any atom is -0.357 e. The lowest BCUT2D eigenvalue weighted by Crippen LogP contribution is -2.53. The number of hydrogen-bond donors (Lipinski definition) is 1. The van der Waals surface area contributed by atoms with Gasteiger partial charge in [0.25, 0.3) is 0 Å². The van der Waals surface area contributed by atoms with Crippen molar-refractivity contribution in [2.45, 2.75) is 37.8 Å². The number of ketones is 1. The zero-order valence-electron chi connectivity index (χ0n) is 16.4. The van der Waals surface area contributed by atoms with E-state index in [1.165, 1.54) is 17.7 Å². The molecule has 29 heavy (non-hydrogen) atoms. The number of anilines is 2. The third kappa shape index (κ3) is 2.94. The van der Waals surface area contributed by atoms with E-state index < -0.39 is 0 Å². The predicted molar refractivity (Wildman–Crippen MR) is 110 cm³/mol. The van der Waals surface area contributed by atoms with Crippen LogP contribution in [0.25, 0.3) is 0 Å². The smallest absolute Gasteiger partial charge is 0.243 e. The van der Waals surface area contributed by atoms with Gasteiger partial charge in [-0.3, -0.25) is 14.5 Å². The zero-order chi connectivity index (χ0) is 20.1. The first kappa shape index (κ1) is 18.3. The van der Waals surface area contributed by atoms with Crippen LogP contribution in [0.1, 0.15) is 41.6 Å². The van der Waals surface area contributed by atoms with Crippen molar-refractivity contribution >= 4 is 23.1 Å². The van der Waals surface area contributed by atoms with Crippen molar-refractivity contribution in [1.29, 1.82) is 0 Å². The summed E-state index contributed by atoms with van der Waals surface area (Å²) in [5, 5.41) is 2.99. The van der Waals surface area contributed by atoms with Crippen LogP contribution in [0.4, 0.5) is 15.8 Å². The third-order valence-electron chi connectivity index (χ3n) is 6.61. The fourth-order valence-corrected chi connectivity index (χ4v) is 5.33. The Morgan fingerprint density at radius 1 is 1.24 bits per heavy atom. The monoisotopic (exact) mass is 393 g/mol. The third-order valence-corrected chi connectivity index (χ3v) is 6.61. The first-order chi connectivity index (χ1) is 14.1. The SMILES string of the molecule is CCC(C(=O)c1ccc(F)cc1)N1CC[C@H]2[C@@H](C1)c1cccc3c1N2CC(=O)N3. The standard InChI is InChI=1S/C23H24FN3O2/c1-2-19(23(29)14-6-8-15(24)9-7-14)26-11-10-20-17(12-26)16-4-3-5-18-22(16)27(20)13-21(28)25-18/h3-9,17,19-20H,2,10-13H2,1H3,(H,25,28)/t17-,19?,20-/m0/s1. The number of Topliss-reactive ketones (excluding diaryl/α,β-unsaturated/α-hetero) is 1. The van der Waals surface area contributed by atoms with Crippen molar-refractivity contribution in [1.82, 2.24) is 4.90 Å². The lowest BCUT2D eigenvalue weighted by Gasteiger charge is -2.42. The molecular weight excluding hydrogens is 369 g/mol. The molecule has 2 aromatic carbocycles. The highest BCUT2D eigenvalue weighted by atomic mass is 19.1. The molecule has 0 bridgehead atoms. The number of benzene rings is 2. The van der Waals surface area contributed by atoms with Crippen molar-refractivity contribution in [3.8, 4) is 0 Å². The molecule has 1 fully saturated rings. The lowest BCUT2D eigenvalue weighted by molar-refractivity contribution is -0.115. The van der Waals surface area contributed by atoms with Gasteiger partial charge in [-0.25, -0.2) is 4.39 Å². The largest absolute Gasteiger partial charge is 0.357 e. The predicted octanol–water partition coefficient (Wildman–Crippen LogP) is 3.42. The number of amides is 1. The summed E-state index contributed by atoms with van der Waals surface area (Å²) in [6, 6.07) is 12.0. The molecule has 3 aliphatic heterocycles. The van der Waals surface area contributed by atoms with Crippen molar-refractivity contribution in [2.75, 3.05) is 29.9 Å². The van der Waals surface area contributed by atoms with Crippen LogP contribution >= 0.6 is 0 Å². The molecule has 1 N–H and O–H groups in total. The second kappa shape index (κ2) is 6.95. The summed E-state index contributed by atoms with van der Waals surface area (Å²) < 4.78 is 13.3. The van der Waals surface area contributed by atoms with Crippen molar-refractivity contribution < 1.29 is 14.0 Å². The molecule has 2 aromatic rings. The maximum Gasteiger partial charge on any atom is 0.243 e. The zero-order valence-corrected chi connectivity index (χ0v) is 16.4. The van der Waals surface area contributed by atoms with E-state index in [9.17, 15) is 14.0 Å². The number of rotatable bonds is 4. The van der Waals surface area contributed by atoms with Gasteiger partial charge in [-0.15, -0.1) is 0 Å². The molecule has 1 amide bonds. The van der Waals surface area contributed by atoms with E-state index >= 15 is 0 Å². The molecule has 5 rings (SSSR count). The summed E-state index contributed by atoms with van der Waals surface area (Å²) >= 11 is 0. The topological polar surface area (TPSA) is 52.7 Å². The van der Waals surface area contributed by atoms with Gasteiger partial charge < -0.3 is 10.2 Å². The van der Waals surface area contributed by atoms with E-state index in [1.54, 1.807) is 12.1 Å². The Hall–Kier alpha value is -2.73. The Morgan fingerprint density at radius 2 is 2.03 bits per heavy atom. The minimum absolute atomic E-state index is 0.0376. The maximum atomic E-state index is 13.3. The molecule has 0 spiro atoms. The van der Waals surface area contributed by atoms with Gasteiger partial charge in [-0.2, -0.15) is 0 Å². The van der Waals surface area contributed by atoms with Gasteiger partial charge in [0.15, 0.2) is 5.78 Å². The number of hydrogen-bond acceptors (Lipinski definition) is 4. The molecule has 0 aromatic heterocycles. The molecule has 3 heterocycles. The van der Waals surface area contributed by atoms with Crippen LogP contribution in [0.5, 0.6) is 0 Å². The van der Waals surface area contributed by atoms with Gasteiger partial charge >= 0.3 is 0 Å². The summed E-state index contributed by atoms with van der Waals surface area (Å²) in [5.41, 5.74) is 3.88. The highest BCUT2D eigenvalue weighted by molar-refractivity contribution is 6.03. The summed E-state index contributed by atoms with van der Waals surface area (Å²) in [4.78, 5) is 29.8. The van der Waals surface area contributed by atoms with E-state index in [0.717, 1.165) is 30.9 Å². The molecule has 6 heteroatoms. The van der Waals surface area contributed by atoms with E-state index in [2.05, 4.69) is 21.2 Å². The van der Waals surface area contributed by atoms with E-state index in [-0.39, 0.29) is 29.5 Å². The number of nitrogens with one attached hydrogen (secondary N) is 1. The molecule has 0 aliphatic carbocycles. The number of carbonyl (C=O) groups is 2. The number of halogens is 1. The normalized spacial score (nSPS) is 23.9. The molecule has 3 aliphatic rings. The van der Waals surface area contributed by atoms with Gasteiger partial charge in [-0.05, 0) is 48.7 Å². The number of piperidine rings is 1. The van der Waals surface area contributed by atoms with E-state index in [0.29, 0.717) is 24.6 Å². The van der Waals surface area contributed by atoms with Gasteiger partial charge in [0.05, 0.1) is 24.0 Å². The summed E-state index contributed by atoms with van der Waals surface area (Å²) in [5.74, 6) is 0.0376. The van der Waals surface area contributed by atoms with E-state index in [4.69, 9.17) is 0 Å². The Bertz CT molecular complexity index is 975. The van der Waals surface area contributed by atoms with Crippen molar-refractivity contribution in [3.63, 3.8) is 0 Å². The molecule has 0 saturated carbocycles. The highest BCUT2D eigenvalue weighted by Gasteiger charge is 2.46. The van der Waals surface area contributed by atoms with Gasteiger partial charge in [0, 0.05) is 30.6 Å². The fraction of sp³-hybridized carbons (Fsp3) is 0.391. The molecule has 0 radical (unpaired) electrons. The van der Waals surface area contributed by atoms with Crippen molar-refractivity contribution in [2.24, 2.45) is 0 Å². The van der Waals surface area contributed by atoms with Crippen LogP contribution in [-0.4, -0.2) is 48.3 Å².